The average Bonchev–Trinajstić information content (AvgIpc) is 2.27. The summed E-state index contributed by atoms with van der Waals surface area (Å²) in [5.41, 5.74) is 0.275. The third kappa shape index (κ3) is 4.44. The summed E-state index contributed by atoms with van der Waals surface area (Å²) in [6.45, 7) is 3.98. The number of hydrogen-bond acceptors (Lipinski definition) is 4. The Balaban J connectivity index is 2.68. The average molecular weight is 254 g/mol. The summed E-state index contributed by atoms with van der Waals surface area (Å²) >= 11 is 1.49. The van der Waals surface area contributed by atoms with Crippen LogP contribution < -0.4 is 5.32 Å². The normalized spacial score (nSPS) is 10.3. The lowest BCUT2D eigenvalue weighted by molar-refractivity contribution is -0.113. The minimum absolute atomic E-state index is 0.0443. The minimum atomic E-state index is -1.08. The highest BCUT2D eigenvalue weighted by atomic mass is 32.2. The Morgan fingerprint density at radius 2 is 2.24 bits per heavy atom. The first-order valence-corrected chi connectivity index (χ1v) is 6.14. The molecule has 0 radical (unpaired) electrons. The lowest BCUT2D eigenvalue weighted by Gasteiger charge is -2.08. The standard InChI is InChI=1S/C11H14N2O3S/c1-7(2)17-6-10(14)13-9-5-12-4-3-8(9)11(15)16/h3-5,7H,6H2,1-2H3,(H,13,14)(H,15,16). The number of carbonyl (C=O) groups is 2. The molecule has 1 rings (SSSR count). The Morgan fingerprint density at radius 1 is 1.53 bits per heavy atom. The zero-order chi connectivity index (χ0) is 12.8. The van der Waals surface area contributed by atoms with Crippen LogP contribution in [0.4, 0.5) is 5.69 Å². The molecule has 1 aromatic rings. The molecule has 0 aromatic carbocycles. The van der Waals surface area contributed by atoms with Gasteiger partial charge in [0, 0.05) is 6.20 Å². The highest BCUT2D eigenvalue weighted by Crippen LogP contribution is 2.15. The number of rotatable bonds is 5. The highest BCUT2D eigenvalue weighted by molar-refractivity contribution is 8.00. The number of aromatic carboxylic acids is 1. The second kappa shape index (κ2) is 6.24. The highest BCUT2D eigenvalue weighted by Gasteiger charge is 2.12. The summed E-state index contributed by atoms with van der Waals surface area (Å²) in [7, 11) is 0. The number of thioether (sulfide) groups is 1. The summed E-state index contributed by atoms with van der Waals surface area (Å²) in [5, 5.41) is 11.8. The molecule has 0 saturated heterocycles. The molecule has 5 nitrogen and oxygen atoms in total. The van der Waals surface area contributed by atoms with Gasteiger partial charge in [0.1, 0.15) is 0 Å². The van der Waals surface area contributed by atoms with Crippen molar-refractivity contribution in [2.45, 2.75) is 19.1 Å². The van der Waals surface area contributed by atoms with Gasteiger partial charge in [0.05, 0.1) is 23.2 Å². The van der Waals surface area contributed by atoms with E-state index in [4.69, 9.17) is 5.11 Å². The molecule has 0 fully saturated rings. The third-order valence-electron chi connectivity index (χ3n) is 1.87. The topological polar surface area (TPSA) is 79.3 Å². The van der Waals surface area contributed by atoms with Crippen molar-refractivity contribution < 1.29 is 14.7 Å². The SMILES string of the molecule is CC(C)SCC(=O)Nc1cnccc1C(=O)O. The summed E-state index contributed by atoms with van der Waals surface area (Å²) in [4.78, 5) is 26.2. The molecule has 0 aliphatic carbocycles. The fourth-order valence-electron chi connectivity index (χ4n) is 1.11. The van der Waals surface area contributed by atoms with Crippen LogP contribution in [0.2, 0.25) is 0 Å². The van der Waals surface area contributed by atoms with Crippen molar-refractivity contribution in [3.05, 3.63) is 24.0 Å². The van der Waals surface area contributed by atoms with Gasteiger partial charge in [-0.25, -0.2) is 4.79 Å². The molecule has 0 spiro atoms. The van der Waals surface area contributed by atoms with Crippen molar-refractivity contribution in [1.29, 1.82) is 0 Å². The molecule has 0 unspecified atom stereocenters. The largest absolute Gasteiger partial charge is 0.478 e. The Kier molecular flexibility index (Phi) is 4.96. The number of anilines is 1. The first-order chi connectivity index (χ1) is 8.00. The van der Waals surface area contributed by atoms with Crippen LogP contribution in [0.3, 0.4) is 0 Å². The summed E-state index contributed by atoms with van der Waals surface area (Å²) in [6, 6.07) is 1.35. The number of nitrogens with one attached hydrogen (secondary N) is 1. The Bertz CT molecular complexity index is 421. The van der Waals surface area contributed by atoms with Crippen molar-refractivity contribution in [2.24, 2.45) is 0 Å². The van der Waals surface area contributed by atoms with E-state index in [2.05, 4.69) is 10.3 Å². The molecule has 0 saturated carbocycles. The van der Waals surface area contributed by atoms with Crippen molar-refractivity contribution in [3.8, 4) is 0 Å². The zero-order valence-corrected chi connectivity index (χ0v) is 10.5. The second-order valence-electron chi connectivity index (χ2n) is 3.63. The molecule has 0 atom stereocenters. The van der Waals surface area contributed by atoms with E-state index in [-0.39, 0.29) is 17.2 Å². The predicted molar refractivity (Wildman–Crippen MR) is 67.4 cm³/mol. The number of carboxylic acids is 1. The summed E-state index contributed by atoms with van der Waals surface area (Å²) in [6.07, 6.45) is 2.71. The number of carboxylic acid groups (broad SMARTS) is 1. The molecule has 1 amide bonds. The van der Waals surface area contributed by atoms with Crippen LogP contribution in [0.15, 0.2) is 18.5 Å². The van der Waals surface area contributed by atoms with Gasteiger partial charge in [-0.1, -0.05) is 13.8 Å². The van der Waals surface area contributed by atoms with Gasteiger partial charge in [0.2, 0.25) is 5.91 Å². The second-order valence-corrected chi connectivity index (χ2v) is 5.20. The smallest absolute Gasteiger partial charge is 0.337 e. The van der Waals surface area contributed by atoms with E-state index in [0.29, 0.717) is 11.0 Å². The van der Waals surface area contributed by atoms with Crippen LogP contribution in [-0.2, 0) is 4.79 Å². The van der Waals surface area contributed by atoms with Crippen LogP contribution in [0.1, 0.15) is 24.2 Å². The van der Waals surface area contributed by atoms with Crippen molar-refractivity contribution in [2.75, 3.05) is 11.1 Å². The zero-order valence-electron chi connectivity index (χ0n) is 9.64. The number of amides is 1. The van der Waals surface area contributed by atoms with E-state index in [9.17, 15) is 9.59 Å². The minimum Gasteiger partial charge on any atom is -0.478 e. The molecular weight excluding hydrogens is 240 g/mol. The summed E-state index contributed by atoms with van der Waals surface area (Å²) in [5.74, 6) is -1.01. The van der Waals surface area contributed by atoms with Gasteiger partial charge >= 0.3 is 5.97 Å². The molecular formula is C11H14N2O3S. The number of hydrogen-bond donors (Lipinski definition) is 2. The lowest BCUT2D eigenvalue weighted by atomic mass is 10.2. The van der Waals surface area contributed by atoms with E-state index in [1.807, 2.05) is 13.8 Å². The molecule has 92 valence electrons. The molecule has 2 N–H and O–H groups in total. The van der Waals surface area contributed by atoms with Crippen molar-refractivity contribution in [3.63, 3.8) is 0 Å². The molecule has 0 bridgehead atoms. The van der Waals surface area contributed by atoms with E-state index in [1.54, 1.807) is 0 Å². The fraction of sp³-hybridized carbons (Fsp3) is 0.364. The Labute approximate surface area is 104 Å². The molecule has 0 aliphatic rings. The first kappa shape index (κ1) is 13.5. The van der Waals surface area contributed by atoms with Crippen LogP contribution in [0.25, 0.3) is 0 Å². The van der Waals surface area contributed by atoms with Crippen LogP contribution >= 0.6 is 11.8 Å². The maximum Gasteiger partial charge on any atom is 0.337 e. The van der Waals surface area contributed by atoms with E-state index in [1.165, 1.54) is 30.2 Å². The van der Waals surface area contributed by atoms with Gasteiger partial charge < -0.3 is 10.4 Å². The molecule has 17 heavy (non-hydrogen) atoms. The van der Waals surface area contributed by atoms with Gasteiger partial charge in [-0.15, -0.1) is 11.8 Å². The van der Waals surface area contributed by atoms with Gasteiger partial charge in [0.25, 0.3) is 0 Å². The van der Waals surface area contributed by atoms with Crippen LogP contribution in [0, 0.1) is 0 Å². The number of aromatic nitrogens is 1. The van der Waals surface area contributed by atoms with E-state index < -0.39 is 5.97 Å². The third-order valence-corrected chi connectivity index (χ3v) is 2.97. The monoisotopic (exact) mass is 254 g/mol. The van der Waals surface area contributed by atoms with Crippen molar-refractivity contribution in [1.82, 2.24) is 4.98 Å². The number of pyridine rings is 1. The van der Waals surface area contributed by atoms with Crippen molar-refractivity contribution >= 4 is 29.3 Å². The van der Waals surface area contributed by atoms with E-state index in [0.717, 1.165) is 0 Å². The number of carbonyl (C=O) groups excluding carboxylic acids is 1. The van der Waals surface area contributed by atoms with E-state index >= 15 is 0 Å². The quantitative estimate of drug-likeness (QED) is 0.838. The van der Waals surface area contributed by atoms with Crippen LogP contribution in [0.5, 0.6) is 0 Å². The molecule has 1 aromatic heterocycles. The molecule has 0 aliphatic heterocycles. The predicted octanol–water partition coefficient (Wildman–Crippen LogP) is 1.86. The first-order valence-electron chi connectivity index (χ1n) is 5.09. The lowest BCUT2D eigenvalue weighted by Crippen LogP contribution is -2.17. The van der Waals surface area contributed by atoms with Gasteiger partial charge in [-0.3, -0.25) is 9.78 Å². The van der Waals surface area contributed by atoms with Crippen LogP contribution in [-0.4, -0.2) is 33.0 Å². The maximum absolute atomic E-state index is 11.5. The summed E-state index contributed by atoms with van der Waals surface area (Å²) < 4.78 is 0. The number of nitrogens with zero attached hydrogens (tertiary/aromatic N) is 1. The maximum atomic E-state index is 11.5. The Morgan fingerprint density at radius 3 is 2.82 bits per heavy atom. The Hall–Kier alpha value is -1.56. The van der Waals surface area contributed by atoms with Gasteiger partial charge in [-0.05, 0) is 11.3 Å². The molecule has 6 heteroatoms. The fourth-order valence-corrected chi connectivity index (χ4v) is 1.67. The molecule has 1 heterocycles. The van der Waals surface area contributed by atoms with Gasteiger partial charge in [0.15, 0.2) is 0 Å². The van der Waals surface area contributed by atoms with Gasteiger partial charge in [-0.2, -0.15) is 0 Å².